The first-order valence-corrected chi connectivity index (χ1v) is 9.49. The molecule has 0 fully saturated rings. The molecule has 6 heteroatoms. The van der Waals surface area contributed by atoms with E-state index >= 15 is 0 Å². The molecule has 0 bridgehead atoms. The van der Waals surface area contributed by atoms with Crippen molar-refractivity contribution in [2.24, 2.45) is 0 Å². The fourth-order valence-electron chi connectivity index (χ4n) is 3.59. The van der Waals surface area contributed by atoms with Gasteiger partial charge in [-0.05, 0) is 36.2 Å². The van der Waals surface area contributed by atoms with Gasteiger partial charge in [0, 0.05) is 30.5 Å². The molecular formula is C21H25N3O3. The van der Waals surface area contributed by atoms with Crippen molar-refractivity contribution in [3.05, 3.63) is 47.5 Å². The molecule has 0 atom stereocenters. The van der Waals surface area contributed by atoms with E-state index in [4.69, 9.17) is 9.47 Å². The number of rotatable bonds is 6. The SMILES string of the molecule is CCN(CC(=O)Nc1ccc2c(c1)OCCO2)Cc1cccc2c1NCC2. The molecule has 0 saturated carbocycles. The van der Waals surface area contributed by atoms with E-state index in [1.165, 1.54) is 16.8 Å². The third kappa shape index (κ3) is 4.01. The largest absolute Gasteiger partial charge is 0.486 e. The maximum absolute atomic E-state index is 12.5. The van der Waals surface area contributed by atoms with Gasteiger partial charge in [-0.25, -0.2) is 0 Å². The molecule has 0 unspecified atom stereocenters. The van der Waals surface area contributed by atoms with Crippen molar-refractivity contribution >= 4 is 17.3 Å². The summed E-state index contributed by atoms with van der Waals surface area (Å²) in [6, 6.07) is 11.9. The van der Waals surface area contributed by atoms with Crippen molar-refractivity contribution in [1.82, 2.24) is 4.90 Å². The van der Waals surface area contributed by atoms with Gasteiger partial charge in [-0.2, -0.15) is 0 Å². The van der Waals surface area contributed by atoms with Gasteiger partial charge >= 0.3 is 0 Å². The van der Waals surface area contributed by atoms with Crippen LogP contribution in [0.15, 0.2) is 36.4 Å². The van der Waals surface area contributed by atoms with Crippen LogP contribution in [0, 0.1) is 0 Å². The predicted octanol–water partition coefficient (Wildman–Crippen LogP) is 2.89. The van der Waals surface area contributed by atoms with Gasteiger partial charge in [0.05, 0.1) is 6.54 Å². The number of likely N-dealkylation sites (N-methyl/N-ethyl adjacent to an activating group) is 1. The van der Waals surface area contributed by atoms with Crippen LogP contribution in [0.3, 0.4) is 0 Å². The highest BCUT2D eigenvalue weighted by Crippen LogP contribution is 2.32. The number of ether oxygens (including phenoxy) is 2. The summed E-state index contributed by atoms with van der Waals surface area (Å²) >= 11 is 0. The van der Waals surface area contributed by atoms with E-state index in [1.807, 2.05) is 18.2 Å². The summed E-state index contributed by atoms with van der Waals surface area (Å²) in [6.45, 7) is 6.05. The second kappa shape index (κ2) is 7.88. The molecule has 0 spiro atoms. The first-order valence-electron chi connectivity index (χ1n) is 9.49. The molecule has 4 rings (SSSR count). The van der Waals surface area contributed by atoms with Gasteiger partial charge in [-0.15, -0.1) is 0 Å². The summed E-state index contributed by atoms with van der Waals surface area (Å²) in [5.74, 6) is 1.37. The highest BCUT2D eigenvalue weighted by atomic mass is 16.6. The lowest BCUT2D eigenvalue weighted by molar-refractivity contribution is -0.117. The van der Waals surface area contributed by atoms with Crippen LogP contribution >= 0.6 is 0 Å². The molecule has 27 heavy (non-hydrogen) atoms. The Morgan fingerprint density at radius 2 is 2.04 bits per heavy atom. The van der Waals surface area contributed by atoms with E-state index in [9.17, 15) is 4.79 Å². The Morgan fingerprint density at radius 3 is 2.89 bits per heavy atom. The molecule has 0 aliphatic carbocycles. The molecular weight excluding hydrogens is 342 g/mol. The molecule has 2 aromatic carbocycles. The zero-order chi connectivity index (χ0) is 18.6. The Balaban J connectivity index is 1.38. The Hall–Kier alpha value is -2.73. The Morgan fingerprint density at radius 1 is 1.19 bits per heavy atom. The molecule has 0 aromatic heterocycles. The molecule has 2 aliphatic rings. The summed E-state index contributed by atoms with van der Waals surface area (Å²) in [5.41, 5.74) is 4.58. The molecule has 6 nitrogen and oxygen atoms in total. The predicted molar refractivity (Wildman–Crippen MR) is 106 cm³/mol. The van der Waals surface area contributed by atoms with E-state index < -0.39 is 0 Å². The third-order valence-electron chi connectivity index (χ3n) is 4.97. The smallest absolute Gasteiger partial charge is 0.238 e. The first-order chi connectivity index (χ1) is 13.2. The van der Waals surface area contributed by atoms with Crippen molar-refractivity contribution < 1.29 is 14.3 Å². The van der Waals surface area contributed by atoms with E-state index in [0.29, 0.717) is 25.5 Å². The molecule has 2 heterocycles. The second-order valence-corrected chi connectivity index (χ2v) is 6.84. The van der Waals surface area contributed by atoms with E-state index in [1.54, 1.807) is 0 Å². The number of para-hydroxylation sites is 1. The zero-order valence-electron chi connectivity index (χ0n) is 15.6. The lowest BCUT2D eigenvalue weighted by Gasteiger charge is -2.22. The maximum atomic E-state index is 12.5. The van der Waals surface area contributed by atoms with Crippen molar-refractivity contribution in [3.8, 4) is 11.5 Å². The minimum absolute atomic E-state index is 0.0333. The quantitative estimate of drug-likeness (QED) is 0.822. The van der Waals surface area contributed by atoms with Crippen LogP contribution in [0.5, 0.6) is 11.5 Å². The average molecular weight is 367 g/mol. The first kappa shape index (κ1) is 17.7. The summed E-state index contributed by atoms with van der Waals surface area (Å²) in [4.78, 5) is 14.7. The highest BCUT2D eigenvalue weighted by molar-refractivity contribution is 5.92. The summed E-state index contributed by atoms with van der Waals surface area (Å²) in [7, 11) is 0. The number of benzene rings is 2. The molecule has 0 saturated heterocycles. The van der Waals surface area contributed by atoms with Gasteiger partial charge in [0.1, 0.15) is 13.2 Å². The van der Waals surface area contributed by atoms with Crippen LogP contribution in [0.25, 0.3) is 0 Å². The standard InChI is InChI=1S/C21H25N3O3/c1-2-24(13-16-5-3-4-15-8-9-22-21(15)16)14-20(25)23-17-6-7-18-19(12-17)27-11-10-26-18/h3-7,12,22H,2,8-11,13-14H2,1H3,(H,23,25). The van der Waals surface area contributed by atoms with E-state index in [0.717, 1.165) is 37.5 Å². The summed E-state index contributed by atoms with van der Waals surface area (Å²) < 4.78 is 11.1. The molecule has 2 aromatic rings. The third-order valence-corrected chi connectivity index (χ3v) is 4.97. The summed E-state index contributed by atoms with van der Waals surface area (Å²) in [5, 5.41) is 6.43. The van der Waals surface area contributed by atoms with E-state index in [2.05, 4.69) is 40.7 Å². The Kier molecular flexibility index (Phi) is 5.16. The van der Waals surface area contributed by atoms with Gasteiger partial charge in [0.2, 0.25) is 5.91 Å². The van der Waals surface area contributed by atoms with Gasteiger partial charge in [-0.1, -0.05) is 25.1 Å². The average Bonchev–Trinajstić information content (AvgIpc) is 3.17. The lowest BCUT2D eigenvalue weighted by atomic mass is 10.1. The topological polar surface area (TPSA) is 62.8 Å². The number of nitrogens with one attached hydrogen (secondary N) is 2. The monoisotopic (exact) mass is 367 g/mol. The van der Waals surface area contributed by atoms with Gasteiger partial charge in [-0.3, -0.25) is 9.69 Å². The van der Waals surface area contributed by atoms with Crippen molar-refractivity contribution in [2.75, 3.05) is 43.5 Å². The van der Waals surface area contributed by atoms with Crippen LogP contribution in [-0.2, 0) is 17.8 Å². The molecule has 1 amide bonds. The number of amides is 1. The van der Waals surface area contributed by atoms with Crippen molar-refractivity contribution in [3.63, 3.8) is 0 Å². The Bertz CT molecular complexity index is 837. The molecule has 2 aliphatic heterocycles. The molecule has 2 N–H and O–H groups in total. The fourth-order valence-corrected chi connectivity index (χ4v) is 3.59. The number of carbonyl (C=O) groups is 1. The van der Waals surface area contributed by atoms with E-state index in [-0.39, 0.29) is 5.91 Å². The molecule has 142 valence electrons. The number of hydrogen-bond donors (Lipinski definition) is 2. The van der Waals surface area contributed by atoms with Gasteiger partial charge in [0.15, 0.2) is 11.5 Å². The van der Waals surface area contributed by atoms with Crippen LogP contribution in [-0.4, -0.2) is 43.7 Å². The van der Waals surface area contributed by atoms with Crippen LogP contribution in [0.1, 0.15) is 18.1 Å². The summed E-state index contributed by atoms with van der Waals surface area (Å²) in [6.07, 6.45) is 1.07. The molecule has 0 radical (unpaired) electrons. The van der Waals surface area contributed by atoms with Gasteiger partial charge < -0.3 is 20.1 Å². The van der Waals surface area contributed by atoms with Crippen molar-refractivity contribution in [2.45, 2.75) is 19.9 Å². The van der Waals surface area contributed by atoms with Crippen molar-refractivity contribution in [1.29, 1.82) is 0 Å². The second-order valence-electron chi connectivity index (χ2n) is 6.84. The Labute approximate surface area is 159 Å². The normalized spacial score (nSPS) is 14.6. The zero-order valence-corrected chi connectivity index (χ0v) is 15.6. The fraction of sp³-hybridized carbons (Fsp3) is 0.381. The van der Waals surface area contributed by atoms with Crippen LogP contribution < -0.4 is 20.1 Å². The highest BCUT2D eigenvalue weighted by Gasteiger charge is 2.17. The minimum atomic E-state index is -0.0333. The number of carbonyl (C=O) groups excluding carboxylic acids is 1. The number of anilines is 2. The number of hydrogen-bond acceptors (Lipinski definition) is 5. The maximum Gasteiger partial charge on any atom is 0.238 e. The lowest BCUT2D eigenvalue weighted by Crippen LogP contribution is -2.33. The number of nitrogens with zero attached hydrogens (tertiary/aromatic N) is 1. The minimum Gasteiger partial charge on any atom is -0.486 e. The van der Waals surface area contributed by atoms with Crippen LogP contribution in [0.4, 0.5) is 11.4 Å². The van der Waals surface area contributed by atoms with Crippen LogP contribution in [0.2, 0.25) is 0 Å². The van der Waals surface area contributed by atoms with Gasteiger partial charge in [0.25, 0.3) is 0 Å². The number of fused-ring (bicyclic) bond motifs is 2.